The van der Waals surface area contributed by atoms with Gasteiger partial charge in [-0.2, -0.15) is 0 Å². The molecule has 2 rings (SSSR count). The SMILES string of the molecule is CC(C)c1cccc(NC(N)=NC2CN(C(=O)OC(C)(C)C)C2)c1.I. The number of anilines is 1. The number of benzene rings is 1. The van der Waals surface area contributed by atoms with Crippen LogP contribution in [0.25, 0.3) is 0 Å². The molecule has 3 N–H and O–H groups in total. The molecule has 0 aromatic heterocycles. The molecule has 1 amide bonds. The molecule has 0 atom stereocenters. The molecule has 140 valence electrons. The van der Waals surface area contributed by atoms with Gasteiger partial charge in [0.15, 0.2) is 5.96 Å². The van der Waals surface area contributed by atoms with Gasteiger partial charge in [-0.15, -0.1) is 24.0 Å². The summed E-state index contributed by atoms with van der Waals surface area (Å²) in [5.41, 5.74) is 7.66. The van der Waals surface area contributed by atoms with Gasteiger partial charge < -0.3 is 20.7 Å². The summed E-state index contributed by atoms with van der Waals surface area (Å²) in [7, 11) is 0. The molecule has 0 aliphatic carbocycles. The van der Waals surface area contributed by atoms with E-state index >= 15 is 0 Å². The lowest BCUT2D eigenvalue weighted by atomic mass is 10.0. The van der Waals surface area contributed by atoms with Crippen LogP contribution in [0.4, 0.5) is 10.5 Å². The Hall–Kier alpha value is -1.51. The topological polar surface area (TPSA) is 80.0 Å². The molecule has 0 bridgehead atoms. The zero-order valence-electron chi connectivity index (χ0n) is 15.6. The number of hydrogen-bond acceptors (Lipinski definition) is 3. The van der Waals surface area contributed by atoms with Gasteiger partial charge in [0.2, 0.25) is 0 Å². The Morgan fingerprint density at radius 1 is 1.36 bits per heavy atom. The minimum atomic E-state index is -0.479. The van der Waals surface area contributed by atoms with Crippen LogP contribution >= 0.6 is 24.0 Å². The molecule has 1 aliphatic heterocycles. The molecule has 0 unspecified atom stereocenters. The molecule has 0 spiro atoms. The number of nitrogens with two attached hydrogens (primary N) is 1. The molecular formula is C18H29IN4O2. The van der Waals surface area contributed by atoms with Crippen LogP contribution in [0.5, 0.6) is 0 Å². The van der Waals surface area contributed by atoms with Gasteiger partial charge in [-0.05, 0) is 44.4 Å². The molecule has 1 saturated heterocycles. The van der Waals surface area contributed by atoms with Gasteiger partial charge in [-0.25, -0.2) is 9.79 Å². The number of nitrogens with one attached hydrogen (secondary N) is 1. The number of nitrogens with zero attached hydrogens (tertiary/aromatic N) is 2. The van der Waals surface area contributed by atoms with Crippen molar-refractivity contribution in [2.45, 2.75) is 52.2 Å². The van der Waals surface area contributed by atoms with E-state index in [-0.39, 0.29) is 36.1 Å². The van der Waals surface area contributed by atoms with Crippen molar-refractivity contribution in [2.75, 3.05) is 18.4 Å². The number of hydrogen-bond donors (Lipinski definition) is 2. The Morgan fingerprint density at radius 3 is 2.56 bits per heavy atom. The van der Waals surface area contributed by atoms with Crippen molar-refractivity contribution in [3.63, 3.8) is 0 Å². The maximum absolute atomic E-state index is 11.9. The third-order valence-corrected chi connectivity index (χ3v) is 3.66. The number of halogens is 1. The van der Waals surface area contributed by atoms with Crippen LogP contribution in [-0.2, 0) is 4.74 Å². The lowest BCUT2D eigenvalue weighted by Gasteiger charge is -2.37. The van der Waals surface area contributed by atoms with Gasteiger partial charge in [-0.1, -0.05) is 26.0 Å². The normalized spacial score (nSPS) is 15.4. The minimum absolute atomic E-state index is 0. The predicted octanol–water partition coefficient (Wildman–Crippen LogP) is 3.77. The summed E-state index contributed by atoms with van der Waals surface area (Å²) in [6, 6.07) is 8.13. The lowest BCUT2D eigenvalue weighted by molar-refractivity contribution is 0.00905. The molecule has 6 nitrogen and oxygen atoms in total. The van der Waals surface area contributed by atoms with Crippen LogP contribution in [0.2, 0.25) is 0 Å². The van der Waals surface area contributed by atoms with Gasteiger partial charge in [0.1, 0.15) is 5.60 Å². The zero-order chi connectivity index (χ0) is 17.9. The monoisotopic (exact) mass is 460 g/mol. The van der Waals surface area contributed by atoms with E-state index < -0.39 is 5.60 Å². The molecule has 0 saturated carbocycles. The van der Waals surface area contributed by atoms with Gasteiger partial charge >= 0.3 is 6.09 Å². The van der Waals surface area contributed by atoms with Crippen molar-refractivity contribution < 1.29 is 9.53 Å². The Kier molecular flexibility index (Phi) is 7.52. The summed E-state index contributed by atoms with van der Waals surface area (Å²) in [5, 5.41) is 3.11. The number of guanidine groups is 1. The maximum atomic E-state index is 11.9. The van der Waals surface area contributed by atoms with Crippen molar-refractivity contribution >= 4 is 41.7 Å². The molecule has 7 heteroatoms. The standard InChI is InChI=1S/C18H28N4O2.HI/c1-12(2)13-7-6-8-14(9-13)20-16(19)21-15-10-22(11-15)17(23)24-18(3,4)5;/h6-9,12,15H,10-11H2,1-5H3,(H3,19,20,21);1H. The van der Waals surface area contributed by atoms with Crippen LogP contribution < -0.4 is 11.1 Å². The Bertz CT molecular complexity index is 620. The molecule has 0 radical (unpaired) electrons. The maximum Gasteiger partial charge on any atom is 0.410 e. The molecule has 1 fully saturated rings. The summed E-state index contributed by atoms with van der Waals surface area (Å²) < 4.78 is 5.32. The van der Waals surface area contributed by atoms with Crippen molar-refractivity contribution in [3.8, 4) is 0 Å². The molecule has 25 heavy (non-hydrogen) atoms. The van der Waals surface area contributed by atoms with Gasteiger partial charge in [0, 0.05) is 18.8 Å². The summed E-state index contributed by atoms with van der Waals surface area (Å²) in [6.07, 6.45) is -0.301. The second kappa shape index (κ2) is 8.73. The largest absolute Gasteiger partial charge is 0.444 e. The number of likely N-dealkylation sites (tertiary alicyclic amines) is 1. The van der Waals surface area contributed by atoms with Gasteiger partial charge in [-0.3, -0.25) is 0 Å². The number of carbonyl (C=O) groups is 1. The van der Waals surface area contributed by atoms with Crippen molar-refractivity contribution in [1.29, 1.82) is 0 Å². The van der Waals surface area contributed by atoms with Crippen molar-refractivity contribution in [2.24, 2.45) is 10.7 Å². The fourth-order valence-electron chi connectivity index (χ4n) is 2.36. The summed E-state index contributed by atoms with van der Waals surface area (Å²) in [5.74, 6) is 0.823. The first-order chi connectivity index (χ1) is 11.1. The summed E-state index contributed by atoms with van der Waals surface area (Å²) in [4.78, 5) is 17.9. The van der Waals surface area contributed by atoms with Crippen LogP contribution in [0.3, 0.4) is 0 Å². The van der Waals surface area contributed by atoms with Crippen LogP contribution in [-0.4, -0.2) is 41.7 Å². The van der Waals surface area contributed by atoms with Crippen molar-refractivity contribution in [1.82, 2.24) is 4.90 Å². The van der Waals surface area contributed by atoms with Gasteiger partial charge in [0.25, 0.3) is 0 Å². The molecule has 1 aromatic carbocycles. The highest BCUT2D eigenvalue weighted by Crippen LogP contribution is 2.19. The number of amides is 1. The van der Waals surface area contributed by atoms with Crippen LogP contribution in [0.15, 0.2) is 29.3 Å². The highest BCUT2D eigenvalue weighted by Gasteiger charge is 2.33. The fraction of sp³-hybridized carbons (Fsp3) is 0.556. The third kappa shape index (κ3) is 6.72. The summed E-state index contributed by atoms with van der Waals surface area (Å²) in [6.45, 7) is 10.9. The Balaban J connectivity index is 0.00000312. The first-order valence-corrected chi connectivity index (χ1v) is 8.32. The van der Waals surface area contributed by atoms with E-state index in [4.69, 9.17) is 10.5 Å². The zero-order valence-corrected chi connectivity index (χ0v) is 17.9. The highest BCUT2D eigenvalue weighted by molar-refractivity contribution is 14.0. The van der Waals surface area contributed by atoms with E-state index in [9.17, 15) is 4.79 Å². The second-order valence-corrected chi connectivity index (χ2v) is 7.46. The fourth-order valence-corrected chi connectivity index (χ4v) is 2.36. The smallest absolute Gasteiger partial charge is 0.410 e. The first-order valence-electron chi connectivity index (χ1n) is 8.32. The average Bonchev–Trinajstić information content (AvgIpc) is 2.40. The molecule has 1 aromatic rings. The molecule has 1 heterocycles. The number of ether oxygens (including phenoxy) is 1. The molecular weight excluding hydrogens is 431 g/mol. The number of carbonyl (C=O) groups excluding carboxylic acids is 1. The van der Waals surface area contributed by atoms with Gasteiger partial charge in [0.05, 0.1) is 6.04 Å². The average molecular weight is 460 g/mol. The predicted molar refractivity (Wildman–Crippen MR) is 113 cm³/mol. The second-order valence-electron chi connectivity index (χ2n) is 7.46. The van der Waals surface area contributed by atoms with E-state index in [0.717, 1.165) is 5.69 Å². The molecule has 1 aliphatic rings. The third-order valence-electron chi connectivity index (χ3n) is 3.66. The Labute approximate surface area is 167 Å². The lowest BCUT2D eigenvalue weighted by Crippen LogP contribution is -2.54. The highest BCUT2D eigenvalue weighted by atomic mass is 127. The van der Waals surface area contributed by atoms with E-state index in [2.05, 4.69) is 36.3 Å². The minimum Gasteiger partial charge on any atom is -0.444 e. The van der Waals surface area contributed by atoms with Crippen molar-refractivity contribution in [3.05, 3.63) is 29.8 Å². The first kappa shape index (κ1) is 21.5. The quantitative estimate of drug-likeness (QED) is 0.409. The van der Waals surface area contributed by atoms with E-state index in [1.807, 2.05) is 32.9 Å². The van der Waals surface area contributed by atoms with Crippen LogP contribution in [0.1, 0.15) is 46.1 Å². The number of rotatable bonds is 3. The van der Waals surface area contributed by atoms with E-state index in [1.54, 1.807) is 4.90 Å². The van der Waals surface area contributed by atoms with E-state index in [0.29, 0.717) is 25.0 Å². The van der Waals surface area contributed by atoms with Crippen LogP contribution in [0, 0.1) is 0 Å². The number of aliphatic imine (C=N–C) groups is 1. The Morgan fingerprint density at radius 2 is 2.00 bits per heavy atom. The summed E-state index contributed by atoms with van der Waals surface area (Å²) >= 11 is 0. The van der Waals surface area contributed by atoms with E-state index in [1.165, 1.54) is 5.56 Å².